The average molecular weight is 347 g/mol. The molecule has 1 aliphatic rings. The molecule has 0 spiro atoms. The number of unbranched alkanes of at least 4 members (excludes halogenated alkanes) is 5. The van der Waals surface area contributed by atoms with E-state index in [1.54, 1.807) is 6.92 Å². The summed E-state index contributed by atoms with van der Waals surface area (Å²) >= 11 is 0. The number of aliphatic hydroxyl groups is 3. The fourth-order valence-electron chi connectivity index (χ4n) is 2.78. The molecular formula is C17H31O7-. The molecule has 0 saturated carbocycles. The molecule has 7 nitrogen and oxygen atoms in total. The first-order valence-electron chi connectivity index (χ1n) is 8.91. The Morgan fingerprint density at radius 3 is 2.46 bits per heavy atom. The van der Waals surface area contributed by atoms with E-state index in [1.165, 1.54) is 0 Å². The van der Waals surface area contributed by atoms with Gasteiger partial charge in [0.05, 0.1) is 18.3 Å². The lowest BCUT2D eigenvalue weighted by Gasteiger charge is -2.35. The highest BCUT2D eigenvalue weighted by Gasteiger charge is 2.34. The van der Waals surface area contributed by atoms with E-state index in [2.05, 4.69) is 0 Å². The molecule has 0 aromatic rings. The molecule has 5 atom stereocenters. The van der Waals surface area contributed by atoms with Crippen molar-refractivity contribution in [3.8, 4) is 0 Å². The first kappa shape index (κ1) is 21.3. The standard InChI is InChI=1S/C17H32O7/c1-12-14(19)11-15(20)17(24-12)23-9-7-5-3-2-4-6-8-13(18)10-16(21)22/h12-15,17-20H,2-11H2,1H3,(H,21,22)/p-1/t12-,13+,14+,15+,17+/m0/s1. The van der Waals surface area contributed by atoms with Gasteiger partial charge in [0.2, 0.25) is 0 Å². The minimum absolute atomic E-state index is 0.273. The van der Waals surface area contributed by atoms with Crippen LogP contribution in [0.4, 0.5) is 0 Å². The molecule has 0 radical (unpaired) electrons. The lowest BCUT2D eigenvalue weighted by Crippen LogP contribution is -2.47. The van der Waals surface area contributed by atoms with Crippen molar-refractivity contribution in [3.63, 3.8) is 0 Å². The third-order valence-electron chi connectivity index (χ3n) is 4.30. The molecule has 7 heteroatoms. The van der Waals surface area contributed by atoms with Gasteiger partial charge < -0.3 is 34.7 Å². The van der Waals surface area contributed by atoms with Crippen LogP contribution in [0, 0.1) is 0 Å². The smallest absolute Gasteiger partial charge is 0.183 e. The maximum Gasteiger partial charge on any atom is 0.183 e. The van der Waals surface area contributed by atoms with Crippen LogP contribution in [0.2, 0.25) is 0 Å². The van der Waals surface area contributed by atoms with E-state index in [0.717, 1.165) is 38.5 Å². The Morgan fingerprint density at radius 2 is 1.79 bits per heavy atom. The van der Waals surface area contributed by atoms with E-state index < -0.39 is 30.6 Å². The molecule has 1 heterocycles. The number of carbonyl (C=O) groups is 1. The zero-order valence-corrected chi connectivity index (χ0v) is 14.4. The molecule has 0 unspecified atom stereocenters. The summed E-state index contributed by atoms with van der Waals surface area (Å²) in [5, 5.41) is 39.0. The molecule has 1 aliphatic heterocycles. The first-order chi connectivity index (χ1) is 11.4. The van der Waals surface area contributed by atoms with Crippen LogP contribution in [0.15, 0.2) is 0 Å². The van der Waals surface area contributed by atoms with Gasteiger partial charge in [-0.15, -0.1) is 0 Å². The van der Waals surface area contributed by atoms with Crippen LogP contribution in [0.5, 0.6) is 0 Å². The van der Waals surface area contributed by atoms with Crippen LogP contribution in [-0.2, 0) is 14.3 Å². The third-order valence-corrected chi connectivity index (χ3v) is 4.30. The van der Waals surface area contributed by atoms with Crippen LogP contribution in [0.3, 0.4) is 0 Å². The molecule has 3 N–H and O–H groups in total. The number of aliphatic hydroxyl groups excluding tert-OH is 3. The van der Waals surface area contributed by atoms with Gasteiger partial charge in [0.1, 0.15) is 6.10 Å². The van der Waals surface area contributed by atoms with Gasteiger partial charge in [-0.3, -0.25) is 0 Å². The van der Waals surface area contributed by atoms with Crippen LogP contribution in [0.25, 0.3) is 0 Å². The van der Waals surface area contributed by atoms with Gasteiger partial charge in [-0.25, -0.2) is 0 Å². The summed E-state index contributed by atoms with van der Waals surface area (Å²) in [6, 6.07) is 0. The van der Waals surface area contributed by atoms with Gasteiger partial charge >= 0.3 is 0 Å². The van der Waals surface area contributed by atoms with Crippen molar-refractivity contribution in [2.24, 2.45) is 0 Å². The lowest BCUT2D eigenvalue weighted by molar-refractivity contribution is -0.307. The molecule has 0 bridgehead atoms. The van der Waals surface area contributed by atoms with Crippen LogP contribution in [0.1, 0.15) is 64.7 Å². The van der Waals surface area contributed by atoms with E-state index in [9.17, 15) is 25.2 Å². The molecule has 0 aromatic carbocycles. The summed E-state index contributed by atoms with van der Waals surface area (Å²) in [6.45, 7) is 2.27. The molecule has 0 aromatic heterocycles. The Kier molecular flexibility index (Phi) is 10.4. The second-order valence-electron chi connectivity index (χ2n) is 6.59. The molecular weight excluding hydrogens is 316 g/mol. The summed E-state index contributed by atoms with van der Waals surface area (Å²) in [4.78, 5) is 10.3. The highest BCUT2D eigenvalue weighted by atomic mass is 16.7. The van der Waals surface area contributed by atoms with Crippen molar-refractivity contribution in [1.82, 2.24) is 0 Å². The number of carboxylic acids is 1. The monoisotopic (exact) mass is 347 g/mol. The average Bonchev–Trinajstić information content (AvgIpc) is 2.49. The molecule has 24 heavy (non-hydrogen) atoms. The highest BCUT2D eigenvalue weighted by molar-refractivity contribution is 5.64. The number of rotatable bonds is 12. The lowest BCUT2D eigenvalue weighted by atomic mass is 10.0. The number of ether oxygens (including phenoxy) is 2. The fourth-order valence-corrected chi connectivity index (χ4v) is 2.78. The molecule has 0 amide bonds. The van der Waals surface area contributed by atoms with Crippen molar-refractivity contribution >= 4 is 5.97 Å². The van der Waals surface area contributed by atoms with Gasteiger partial charge in [0.15, 0.2) is 6.29 Å². The van der Waals surface area contributed by atoms with E-state index >= 15 is 0 Å². The number of hydrogen-bond acceptors (Lipinski definition) is 7. The molecule has 142 valence electrons. The molecule has 0 aliphatic carbocycles. The highest BCUT2D eigenvalue weighted by Crippen LogP contribution is 2.21. The molecule has 1 fully saturated rings. The third kappa shape index (κ3) is 8.94. The maximum absolute atomic E-state index is 10.3. The van der Waals surface area contributed by atoms with Crippen LogP contribution >= 0.6 is 0 Å². The Labute approximate surface area is 143 Å². The quantitative estimate of drug-likeness (QED) is 0.428. The van der Waals surface area contributed by atoms with Crippen molar-refractivity contribution in [2.45, 2.75) is 95.4 Å². The second kappa shape index (κ2) is 11.8. The number of carboxylic acid groups (broad SMARTS) is 1. The summed E-state index contributed by atoms with van der Waals surface area (Å²) < 4.78 is 11.0. The number of hydrogen-bond donors (Lipinski definition) is 3. The van der Waals surface area contributed by atoms with Crippen molar-refractivity contribution in [3.05, 3.63) is 0 Å². The number of aliphatic carboxylic acids is 1. The normalized spacial score (nSPS) is 28.7. The Morgan fingerprint density at radius 1 is 1.17 bits per heavy atom. The van der Waals surface area contributed by atoms with E-state index in [0.29, 0.717) is 13.0 Å². The van der Waals surface area contributed by atoms with E-state index in [1.807, 2.05) is 0 Å². The molecule has 1 rings (SSSR count). The second-order valence-corrected chi connectivity index (χ2v) is 6.59. The number of carbonyl (C=O) groups excluding carboxylic acids is 1. The minimum atomic E-state index is -1.21. The first-order valence-corrected chi connectivity index (χ1v) is 8.91. The Hall–Kier alpha value is -0.730. The van der Waals surface area contributed by atoms with Crippen molar-refractivity contribution < 1.29 is 34.7 Å². The van der Waals surface area contributed by atoms with Gasteiger partial charge in [-0.2, -0.15) is 0 Å². The zero-order valence-electron chi connectivity index (χ0n) is 14.4. The minimum Gasteiger partial charge on any atom is -0.550 e. The van der Waals surface area contributed by atoms with Crippen molar-refractivity contribution in [2.75, 3.05) is 6.61 Å². The maximum atomic E-state index is 10.3. The van der Waals surface area contributed by atoms with Gasteiger partial charge in [0, 0.05) is 25.4 Å². The predicted octanol–water partition coefficient (Wildman–Crippen LogP) is 0.0913. The summed E-state index contributed by atoms with van der Waals surface area (Å²) in [7, 11) is 0. The van der Waals surface area contributed by atoms with Gasteiger partial charge in [0.25, 0.3) is 0 Å². The van der Waals surface area contributed by atoms with Gasteiger partial charge in [-0.1, -0.05) is 32.1 Å². The van der Waals surface area contributed by atoms with Gasteiger partial charge in [-0.05, 0) is 19.8 Å². The topological polar surface area (TPSA) is 119 Å². The fraction of sp³-hybridized carbons (Fsp3) is 0.941. The summed E-state index contributed by atoms with van der Waals surface area (Å²) in [6.07, 6.45) is 2.99. The molecule has 1 saturated heterocycles. The zero-order chi connectivity index (χ0) is 17.9. The van der Waals surface area contributed by atoms with Crippen LogP contribution in [-0.4, -0.2) is 58.6 Å². The summed E-state index contributed by atoms with van der Waals surface area (Å²) in [5.74, 6) is -1.21. The van der Waals surface area contributed by atoms with Crippen molar-refractivity contribution in [1.29, 1.82) is 0 Å². The SMILES string of the molecule is C[C@@H]1O[C@@H](OCCCCCCCC[C@@H](O)CC(=O)[O-])[C@H](O)C[C@H]1O. The Bertz CT molecular complexity index is 350. The van der Waals surface area contributed by atoms with E-state index in [4.69, 9.17) is 9.47 Å². The van der Waals surface area contributed by atoms with Crippen LogP contribution < -0.4 is 5.11 Å². The Balaban J connectivity index is 1.93. The summed E-state index contributed by atoms with van der Waals surface area (Å²) in [5.41, 5.74) is 0. The van der Waals surface area contributed by atoms with E-state index in [-0.39, 0.29) is 18.9 Å². The predicted molar refractivity (Wildman–Crippen MR) is 84.9 cm³/mol. The largest absolute Gasteiger partial charge is 0.550 e.